The SMILES string of the molecule is CNC1CCN(C(=O)C2CCC(=O)N(C)C2c2ccc(OC)cc2)CC1. The van der Waals surface area contributed by atoms with E-state index in [4.69, 9.17) is 4.74 Å². The molecule has 2 heterocycles. The van der Waals surface area contributed by atoms with Gasteiger partial charge >= 0.3 is 0 Å². The van der Waals surface area contributed by atoms with Crippen LogP contribution in [0.3, 0.4) is 0 Å². The Kier molecular flexibility index (Phi) is 5.81. The van der Waals surface area contributed by atoms with Gasteiger partial charge in [-0.05, 0) is 44.0 Å². The molecular formula is C20H29N3O3. The fraction of sp³-hybridized carbons (Fsp3) is 0.600. The number of hydrogen-bond acceptors (Lipinski definition) is 4. The lowest BCUT2D eigenvalue weighted by molar-refractivity contribution is -0.147. The summed E-state index contributed by atoms with van der Waals surface area (Å²) in [6.45, 7) is 1.57. The van der Waals surface area contributed by atoms with Gasteiger partial charge in [-0.2, -0.15) is 0 Å². The first-order chi connectivity index (χ1) is 12.5. The first-order valence-corrected chi connectivity index (χ1v) is 9.40. The van der Waals surface area contributed by atoms with Gasteiger partial charge in [0.05, 0.1) is 19.1 Å². The lowest BCUT2D eigenvalue weighted by Crippen LogP contribution is -2.50. The third-order valence-corrected chi connectivity index (χ3v) is 5.85. The molecule has 2 aliphatic heterocycles. The van der Waals surface area contributed by atoms with E-state index in [-0.39, 0.29) is 23.8 Å². The number of piperidine rings is 2. The van der Waals surface area contributed by atoms with Gasteiger partial charge in [0.15, 0.2) is 0 Å². The maximum atomic E-state index is 13.3. The summed E-state index contributed by atoms with van der Waals surface area (Å²) in [5.74, 6) is 0.872. The summed E-state index contributed by atoms with van der Waals surface area (Å²) >= 11 is 0. The number of hydrogen-bond donors (Lipinski definition) is 1. The van der Waals surface area contributed by atoms with E-state index < -0.39 is 0 Å². The van der Waals surface area contributed by atoms with Crippen LogP contribution in [0.1, 0.15) is 37.3 Å². The third-order valence-electron chi connectivity index (χ3n) is 5.85. The van der Waals surface area contributed by atoms with E-state index in [2.05, 4.69) is 5.32 Å². The maximum Gasteiger partial charge on any atom is 0.228 e. The number of likely N-dealkylation sites (tertiary alicyclic amines) is 2. The van der Waals surface area contributed by atoms with Crippen molar-refractivity contribution in [1.29, 1.82) is 0 Å². The second-order valence-electron chi connectivity index (χ2n) is 7.26. The molecular weight excluding hydrogens is 330 g/mol. The lowest BCUT2D eigenvalue weighted by Gasteiger charge is -2.42. The number of carbonyl (C=O) groups is 2. The van der Waals surface area contributed by atoms with Crippen LogP contribution in [0.25, 0.3) is 0 Å². The number of amides is 2. The molecule has 26 heavy (non-hydrogen) atoms. The summed E-state index contributed by atoms with van der Waals surface area (Å²) in [5.41, 5.74) is 0.991. The second kappa shape index (κ2) is 8.08. The van der Waals surface area contributed by atoms with Crippen molar-refractivity contribution in [2.75, 3.05) is 34.3 Å². The summed E-state index contributed by atoms with van der Waals surface area (Å²) < 4.78 is 5.23. The van der Waals surface area contributed by atoms with E-state index in [0.717, 1.165) is 37.2 Å². The number of carbonyl (C=O) groups excluding carboxylic acids is 2. The van der Waals surface area contributed by atoms with E-state index in [1.165, 1.54) is 0 Å². The molecule has 6 heteroatoms. The molecule has 2 fully saturated rings. The predicted molar refractivity (Wildman–Crippen MR) is 99.9 cm³/mol. The molecule has 0 spiro atoms. The minimum atomic E-state index is -0.211. The standard InChI is InChI=1S/C20H29N3O3/c1-21-15-10-12-23(13-11-15)20(25)17-8-9-18(24)22(2)19(17)14-4-6-16(26-3)7-5-14/h4-7,15,17,19,21H,8-13H2,1-3H3. The Balaban J connectivity index is 1.80. The second-order valence-corrected chi connectivity index (χ2v) is 7.26. The molecule has 142 valence electrons. The van der Waals surface area contributed by atoms with Crippen LogP contribution in [-0.2, 0) is 9.59 Å². The lowest BCUT2D eigenvalue weighted by atomic mass is 9.83. The third kappa shape index (κ3) is 3.70. The first-order valence-electron chi connectivity index (χ1n) is 9.40. The Hall–Kier alpha value is -2.08. The van der Waals surface area contributed by atoms with Crippen molar-refractivity contribution in [2.24, 2.45) is 5.92 Å². The summed E-state index contributed by atoms with van der Waals surface area (Å²) in [4.78, 5) is 29.3. The van der Waals surface area contributed by atoms with Crippen molar-refractivity contribution < 1.29 is 14.3 Å². The van der Waals surface area contributed by atoms with E-state index in [1.54, 1.807) is 12.0 Å². The normalized spacial score (nSPS) is 24.7. The number of ether oxygens (including phenoxy) is 1. The number of methoxy groups -OCH3 is 1. The van der Waals surface area contributed by atoms with Crippen molar-refractivity contribution in [3.8, 4) is 5.75 Å². The molecule has 3 rings (SSSR count). The molecule has 0 bridgehead atoms. The average molecular weight is 359 g/mol. The topological polar surface area (TPSA) is 61.9 Å². The Morgan fingerprint density at radius 3 is 2.38 bits per heavy atom. The van der Waals surface area contributed by atoms with Crippen LogP contribution >= 0.6 is 0 Å². The molecule has 1 aromatic carbocycles. The van der Waals surface area contributed by atoms with E-state index in [0.29, 0.717) is 18.9 Å². The number of nitrogens with one attached hydrogen (secondary N) is 1. The summed E-state index contributed by atoms with van der Waals surface area (Å²) in [5, 5.41) is 3.30. The summed E-state index contributed by atoms with van der Waals surface area (Å²) in [6, 6.07) is 7.99. The van der Waals surface area contributed by atoms with Crippen LogP contribution in [-0.4, -0.2) is 62.0 Å². The van der Waals surface area contributed by atoms with E-state index >= 15 is 0 Å². The maximum absolute atomic E-state index is 13.3. The average Bonchev–Trinajstić information content (AvgIpc) is 2.69. The zero-order valence-corrected chi connectivity index (χ0v) is 15.9. The highest BCUT2D eigenvalue weighted by Gasteiger charge is 2.41. The van der Waals surface area contributed by atoms with Crippen molar-refractivity contribution in [2.45, 2.75) is 37.8 Å². The van der Waals surface area contributed by atoms with Gasteiger partial charge in [0.25, 0.3) is 0 Å². The van der Waals surface area contributed by atoms with Crippen molar-refractivity contribution in [1.82, 2.24) is 15.1 Å². The van der Waals surface area contributed by atoms with Crippen LogP contribution in [0, 0.1) is 5.92 Å². The summed E-state index contributed by atoms with van der Waals surface area (Å²) in [7, 11) is 5.42. The fourth-order valence-corrected chi connectivity index (χ4v) is 4.18. The van der Waals surface area contributed by atoms with Gasteiger partial charge in [-0.1, -0.05) is 12.1 Å². The fourth-order valence-electron chi connectivity index (χ4n) is 4.18. The molecule has 2 saturated heterocycles. The molecule has 6 nitrogen and oxygen atoms in total. The van der Waals surface area contributed by atoms with Crippen molar-refractivity contribution in [3.05, 3.63) is 29.8 Å². The molecule has 0 saturated carbocycles. The van der Waals surface area contributed by atoms with Crippen molar-refractivity contribution in [3.63, 3.8) is 0 Å². The molecule has 2 aliphatic rings. The molecule has 1 aromatic rings. The van der Waals surface area contributed by atoms with Gasteiger partial charge in [-0.15, -0.1) is 0 Å². The zero-order valence-electron chi connectivity index (χ0n) is 15.9. The number of rotatable bonds is 4. The van der Waals surface area contributed by atoms with E-state index in [9.17, 15) is 9.59 Å². The first kappa shape index (κ1) is 18.7. The highest BCUT2D eigenvalue weighted by Crippen LogP contribution is 2.37. The number of nitrogens with zero attached hydrogens (tertiary/aromatic N) is 2. The molecule has 2 atom stereocenters. The van der Waals surface area contributed by atoms with E-state index in [1.807, 2.05) is 43.3 Å². The molecule has 0 aromatic heterocycles. The Morgan fingerprint density at radius 1 is 1.15 bits per heavy atom. The molecule has 2 unspecified atom stereocenters. The van der Waals surface area contributed by atoms with Crippen LogP contribution < -0.4 is 10.1 Å². The quantitative estimate of drug-likeness (QED) is 0.891. The van der Waals surface area contributed by atoms with Crippen LogP contribution in [0.4, 0.5) is 0 Å². The van der Waals surface area contributed by atoms with Crippen LogP contribution in [0.2, 0.25) is 0 Å². The van der Waals surface area contributed by atoms with Gasteiger partial charge in [0, 0.05) is 32.6 Å². The predicted octanol–water partition coefficient (Wildman–Crippen LogP) is 1.82. The molecule has 1 N–H and O–H groups in total. The smallest absolute Gasteiger partial charge is 0.228 e. The van der Waals surface area contributed by atoms with Gasteiger partial charge in [-0.3, -0.25) is 9.59 Å². The highest BCUT2D eigenvalue weighted by molar-refractivity contribution is 5.85. The monoisotopic (exact) mass is 359 g/mol. The number of benzene rings is 1. The largest absolute Gasteiger partial charge is 0.497 e. The van der Waals surface area contributed by atoms with Crippen LogP contribution in [0.15, 0.2) is 24.3 Å². The highest BCUT2D eigenvalue weighted by atomic mass is 16.5. The minimum Gasteiger partial charge on any atom is -0.497 e. The Bertz CT molecular complexity index is 638. The Morgan fingerprint density at radius 2 is 1.81 bits per heavy atom. The van der Waals surface area contributed by atoms with Gasteiger partial charge in [0.2, 0.25) is 11.8 Å². The molecule has 2 amide bonds. The molecule has 0 aliphatic carbocycles. The Labute approximate surface area is 155 Å². The van der Waals surface area contributed by atoms with Gasteiger partial charge in [0.1, 0.15) is 5.75 Å². The zero-order chi connectivity index (χ0) is 18.7. The summed E-state index contributed by atoms with van der Waals surface area (Å²) in [6.07, 6.45) is 3.02. The van der Waals surface area contributed by atoms with Gasteiger partial charge < -0.3 is 19.9 Å². The minimum absolute atomic E-state index is 0.101. The van der Waals surface area contributed by atoms with Crippen LogP contribution in [0.5, 0.6) is 5.75 Å². The van der Waals surface area contributed by atoms with Crippen molar-refractivity contribution >= 4 is 11.8 Å². The van der Waals surface area contributed by atoms with Gasteiger partial charge in [-0.25, -0.2) is 0 Å². The molecule has 0 radical (unpaired) electrons.